The van der Waals surface area contributed by atoms with Crippen LogP contribution >= 0.6 is 11.3 Å². The van der Waals surface area contributed by atoms with Gasteiger partial charge in [0.25, 0.3) is 0 Å². The molecule has 0 aliphatic carbocycles. The molecule has 2 aliphatic rings. The lowest BCUT2D eigenvalue weighted by atomic mass is 10.0. The summed E-state index contributed by atoms with van der Waals surface area (Å²) in [6.45, 7) is 9.62. The molecular weight excluding hydrogens is 563 g/mol. The lowest BCUT2D eigenvalue weighted by Crippen LogP contribution is -2.36. The van der Waals surface area contributed by atoms with Crippen LogP contribution in [-0.2, 0) is 4.74 Å². The minimum Gasteiger partial charge on any atom is -0.444 e. The van der Waals surface area contributed by atoms with Gasteiger partial charge in [-0.15, -0.1) is 0 Å². The van der Waals surface area contributed by atoms with Gasteiger partial charge < -0.3 is 14.5 Å². The molecule has 0 unspecified atom stereocenters. The van der Waals surface area contributed by atoms with Crippen molar-refractivity contribution in [3.8, 4) is 11.3 Å². The number of likely N-dealkylation sites (tertiary alicyclic amines) is 2. The highest BCUT2D eigenvalue weighted by molar-refractivity contribution is 7.23. The first-order chi connectivity index (χ1) is 20.7. The second-order valence-corrected chi connectivity index (χ2v) is 13.9. The van der Waals surface area contributed by atoms with Gasteiger partial charge >= 0.3 is 6.09 Å². The number of imidazole rings is 1. The molecule has 6 rings (SSSR count). The largest absolute Gasteiger partial charge is 0.444 e. The number of nitrogens with zero attached hydrogens (tertiary/aromatic N) is 4. The quantitative estimate of drug-likeness (QED) is 0.150. The van der Waals surface area contributed by atoms with E-state index in [-0.39, 0.29) is 23.7 Å². The smallest absolute Gasteiger partial charge is 0.410 e. The fraction of sp³-hybridized carbons (Fsp3) is 0.500. The van der Waals surface area contributed by atoms with Gasteiger partial charge in [-0.1, -0.05) is 23.8 Å². The van der Waals surface area contributed by atoms with Gasteiger partial charge in [0.15, 0.2) is 10.7 Å². The third-order valence-corrected chi connectivity index (χ3v) is 9.55. The molecule has 43 heavy (non-hydrogen) atoms. The normalized spacial score (nSPS) is 18.1. The Labute approximate surface area is 256 Å². The van der Waals surface area contributed by atoms with Gasteiger partial charge in [0.1, 0.15) is 11.4 Å². The van der Waals surface area contributed by atoms with E-state index in [1.165, 1.54) is 49.8 Å². The number of benzene rings is 2. The monoisotopic (exact) mass is 604 g/mol. The molecule has 0 saturated carbocycles. The van der Waals surface area contributed by atoms with Crippen LogP contribution in [0.25, 0.3) is 26.4 Å². The number of amides is 1. The van der Waals surface area contributed by atoms with Gasteiger partial charge in [0, 0.05) is 30.3 Å². The molecule has 2 fully saturated rings. The van der Waals surface area contributed by atoms with Gasteiger partial charge in [-0.25, -0.2) is 14.2 Å². The molecule has 0 radical (unpaired) electrons. The van der Waals surface area contributed by atoms with Crippen molar-refractivity contribution in [2.24, 2.45) is 0 Å². The molecule has 2 aliphatic heterocycles. The predicted octanol–water partition coefficient (Wildman–Crippen LogP) is 8.27. The predicted molar refractivity (Wildman–Crippen MR) is 169 cm³/mol. The molecular formula is C34H41FN4O3S. The molecule has 0 bridgehead atoms. The van der Waals surface area contributed by atoms with Gasteiger partial charge in [-0.3, -0.25) is 9.20 Å². The van der Waals surface area contributed by atoms with Crippen molar-refractivity contribution >= 4 is 38.4 Å². The van der Waals surface area contributed by atoms with Crippen LogP contribution in [0.15, 0.2) is 42.6 Å². The average Bonchev–Trinajstić information content (AvgIpc) is 3.70. The van der Waals surface area contributed by atoms with Crippen molar-refractivity contribution in [1.82, 2.24) is 19.2 Å². The maximum atomic E-state index is 15.5. The third-order valence-electron chi connectivity index (χ3n) is 8.53. The van der Waals surface area contributed by atoms with E-state index in [0.717, 1.165) is 58.5 Å². The summed E-state index contributed by atoms with van der Waals surface area (Å²) < 4.78 is 24.0. The third kappa shape index (κ3) is 6.63. The number of fused-ring (bicyclic) bond motifs is 3. The summed E-state index contributed by atoms with van der Waals surface area (Å²) in [6.07, 6.45) is 9.59. The van der Waals surface area contributed by atoms with Crippen LogP contribution in [0.3, 0.4) is 0 Å². The number of hydrogen-bond donors (Lipinski definition) is 0. The van der Waals surface area contributed by atoms with Gasteiger partial charge in [-0.2, -0.15) is 0 Å². The van der Waals surface area contributed by atoms with Crippen molar-refractivity contribution in [1.29, 1.82) is 0 Å². The fourth-order valence-corrected chi connectivity index (χ4v) is 7.40. The number of piperidine rings is 1. The minimum atomic E-state index is -0.582. The maximum Gasteiger partial charge on any atom is 0.410 e. The van der Waals surface area contributed by atoms with Crippen LogP contribution in [0.2, 0.25) is 0 Å². The van der Waals surface area contributed by atoms with Crippen molar-refractivity contribution in [2.45, 2.75) is 83.8 Å². The standard InChI is InChI=1S/C34H41FN4O3S/c1-34(2,3)42-33(41)38-19-9-10-28(38)23-12-14-25(26(35)20-23)27-22-39-29-15-13-24(21-31(29)43-32(39)36-27)30(40)11-5-8-18-37-16-6-4-7-17-37/h12-15,20-22,28H,4-11,16-19H2,1-3H3/t28-/m0/s1. The number of ketones is 1. The van der Waals surface area contributed by atoms with E-state index in [9.17, 15) is 9.59 Å². The van der Waals surface area contributed by atoms with Crippen LogP contribution in [0, 0.1) is 5.82 Å². The Morgan fingerprint density at radius 2 is 1.84 bits per heavy atom. The Bertz CT molecular complexity index is 1630. The first kappa shape index (κ1) is 29.8. The zero-order valence-corrected chi connectivity index (χ0v) is 26.2. The summed E-state index contributed by atoms with van der Waals surface area (Å²) in [5.41, 5.74) is 2.86. The highest BCUT2D eigenvalue weighted by atomic mass is 32.1. The van der Waals surface area contributed by atoms with Crippen LogP contribution in [0.1, 0.15) is 94.1 Å². The molecule has 2 saturated heterocycles. The van der Waals surface area contributed by atoms with E-state index in [0.29, 0.717) is 24.2 Å². The number of hydrogen-bond acceptors (Lipinski definition) is 6. The van der Waals surface area contributed by atoms with Crippen molar-refractivity contribution in [3.63, 3.8) is 0 Å². The highest BCUT2D eigenvalue weighted by Crippen LogP contribution is 2.36. The van der Waals surface area contributed by atoms with E-state index in [1.807, 2.05) is 55.6 Å². The van der Waals surface area contributed by atoms with Crippen LogP contribution < -0.4 is 0 Å². The Morgan fingerprint density at radius 3 is 2.60 bits per heavy atom. The van der Waals surface area contributed by atoms with Gasteiger partial charge in [0.2, 0.25) is 0 Å². The topological polar surface area (TPSA) is 67.2 Å². The number of carbonyl (C=O) groups excluding carboxylic acids is 2. The summed E-state index contributed by atoms with van der Waals surface area (Å²) in [4.78, 5) is 35.4. The van der Waals surface area contributed by atoms with Crippen LogP contribution in [-0.4, -0.2) is 62.8 Å². The summed E-state index contributed by atoms with van der Waals surface area (Å²) in [6, 6.07) is 10.8. The zero-order chi connectivity index (χ0) is 30.1. The number of aromatic nitrogens is 2. The van der Waals surface area contributed by atoms with E-state index < -0.39 is 5.60 Å². The second-order valence-electron chi connectivity index (χ2n) is 12.9. The van der Waals surface area contributed by atoms with E-state index in [4.69, 9.17) is 9.72 Å². The molecule has 4 heterocycles. The maximum absolute atomic E-state index is 15.5. The summed E-state index contributed by atoms with van der Waals surface area (Å²) in [7, 11) is 0. The molecule has 2 aromatic carbocycles. The van der Waals surface area contributed by atoms with Crippen LogP contribution in [0.4, 0.5) is 9.18 Å². The van der Waals surface area contributed by atoms with E-state index in [1.54, 1.807) is 11.0 Å². The molecule has 0 spiro atoms. The molecule has 1 atom stereocenters. The number of unbranched alkanes of at least 4 members (excludes halogenated alkanes) is 1. The summed E-state index contributed by atoms with van der Waals surface area (Å²) in [5.74, 6) is -0.182. The lowest BCUT2D eigenvalue weighted by molar-refractivity contribution is 0.0224. The average molecular weight is 605 g/mol. The number of thiazole rings is 1. The molecule has 7 nitrogen and oxygen atoms in total. The molecule has 4 aromatic rings. The summed E-state index contributed by atoms with van der Waals surface area (Å²) in [5, 5.41) is 0. The molecule has 1 amide bonds. The zero-order valence-electron chi connectivity index (χ0n) is 25.4. The van der Waals surface area contributed by atoms with Crippen molar-refractivity contribution in [2.75, 3.05) is 26.2 Å². The minimum absolute atomic E-state index is 0.182. The number of rotatable bonds is 8. The molecule has 2 aromatic heterocycles. The van der Waals surface area contributed by atoms with Crippen molar-refractivity contribution in [3.05, 3.63) is 59.5 Å². The molecule has 9 heteroatoms. The SMILES string of the molecule is CC(C)(C)OC(=O)N1CCC[C@H]1c1ccc(-c2cn3c(n2)sc2cc(C(=O)CCCCN4CCCCC4)ccc23)c(F)c1. The van der Waals surface area contributed by atoms with E-state index in [2.05, 4.69) is 4.90 Å². The number of ether oxygens (including phenoxy) is 1. The molecule has 228 valence electrons. The van der Waals surface area contributed by atoms with Gasteiger partial charge in [0.05, 0.1) is 22.0 Å². The van der Waals surface area contributed by atoms with Crippen molar-refractivity contribution < 1.29 is 18.7 Å². The van der Waals surface area contributed by atoms with Gasteiger partial charge in [-0.05, 0) is 115 Å². The highest BCUT2D eigenvalue weighted by Gasteiger charge is 2.33. The Morgan fingerprint density at radius 1 is 1.02 bits per heavy atom. The number of halogens is 1. The Balaban J connectivity index is 1.13. The first-order valence-electron chi connectivity index (χ1n) is 15.6. The van der Waals surface area contributed by atoms with Crippen LogP contribution in [0.5, 0.6) is 0 Å². The fourth-order valence-electron chi connectivity index (χ4n) is 6.35. The van der Waals surface area contributed by atoms with E-state index >= 15 is 4.39 Å². The Hall–Kier alpha value is -3.30. The summed E-state index contributed by atoms with van der Waals surface area (Å²) >= 11 is 1.51. The second kappa shape index (κ2) is 12.4. The number of carbonyl (C=O) groups is 2. The Kier molecular flexibility index (Phi) is 8.56. The molecule has 0 N–H and O–H groups in total. The number of Topliss-reactive ketones (excluding diaryl/α,β-unsaturated/α-hetero) is 1. The lowest BCUT2D eigenvalue weighted by Gasteiger charge is -2.29. The first-order valence-corrected chi connectivity index (χ1v) is 16.4.